The Balaban J connectivity index is 1.83. The molecule has 0 bridgehead atoms. The van der Waals surface area contributed by atoms with Gasteiger partial charge in [0.05, 0.1) is 0 Å². The molecule has 98 valence electrons. The SMILES string of the molecule is CC1CCN1C(c1ccccc1)C1CCCCC1. The van der Waals surface area contributed by atoms with Crippen molar-refractivity contribution in [1.29, 1.82) is 0 Å². The molecule has 1 heteroatoms. The molecule has 2 unspecified atom stereocenters. The second kappa shape index (κ2) is 5.44. The molecule has 1 aliphatic carbocycles. The fraction of sp³-hybridized carbons (Fsp3) is 0.647. The van der Waals surface area contributed by atoms with E-state index >= 15 is 0 Å². The van der Waals surface area contributed by atoms with Crippen molar-refractivity contribution in [3.8, 4) is 0 Å². The van der Waals surface area contributed by atoms with E-state index in [1.54, 1.807) is 5.56 Å². The molecule has 2 aliphatic rings. The minimum Gasteiger partial charge on any atom is -0.293 e. The molecule has 1 nitrogen and oxygen atoms in total. The fourth-order valence-corrected chi connectivity index (χ4v) is 3.78. The van der Waals surface area contributed by atoms with Crippen LogP contribution >= 0.6 is 0 Å². The molecular formula is C17H25N. The molecule has 18 heavy (non-hydrogen) atoms. The molecule has 1 saturated heterocycles. The summed E-state index contributed by atoms with van der Waals surface area (Å²) in [5.74, 6) is 0.892. The van der Waals surface area contributed by atoms with Crippen LogP contribution in [0, 0.1) is 5.92 Å². The van der Waals surface area contributed by atoms with E-state index in [4.69, 9.17) is 0 Å². The summed E-state index contributed by atoms with van der Waals surface area (Å²) in [6.45, 7) is 3.69. The fourth-order valence-electron chi connectivity index (χ4n) is 3.78. The predicted molar refractivity (Wildman–Crippen MR) is 76.5 cm³/mol. The van der Waals surface area contributed by atoms with Crippen LogP contribution in [0.15, 0.2) is 30.3 Å². The highest BCUT2D eigenvalue weighted by molar-refractivity contribution is 5.21. The summed E-state index contributed by atoms with van der Waals surface area (Å²) in [6.07, 6.45) is 8.58. The second-order valence-corrected chi connectivity index (χ2v) is 6.13. The van der Waals surface area contributed by atoms with Crippen molar-refractivity contribution in [2.24, 2.45) is 5.92 Å². The van der Waals surface area contributed by atoms with Crippen LogP contribution in [0.2, 0.25) is 0 Å². The average molecular weight is 243 g/mol. The van der Waals surface area contributed by atoms with E-state index in [9.17, 15) is 0 Å². The summed E-state index contributed by atoms with van der Waals surface area (Å²) >= 11 is 0. The molecule has 2 fully saturated rings. The van der Waals surface area contributed by atoms with Gasteiger partial charge < -0.3 is 0 Å². The first-order valence-corrected chi connectivity index (χ1v) is 7.67. The van der Waals surface area contributed by atoms with Crippen LogP contribution in [0.25, 0.3) is 0 Å². The second-order valence-electron chi connectivity index (χ2n) is 6.13. The normalized spacial score (nSPS) is 27.7. The van der Waals surface area contributed by atoms with E-state index in [1.165, 1.54) is 45.1 Å². The van der Waals surface area contributed by atoms with E-state index in [1.807, 2.05) is 0 Å². The van der Waals surface area contributed by atoms with E-state index < -0.39 is 0 Å². The predicted octanol–water partition coefficient (Wildman–Crippen LogP) is 4.40. The first-order chi connectivity index (χ1) is 8.86. The first kappa shape index (κ1) is 12.2. The maximum atomic E-state index is 2.74. The lowest BCUT2D eigenvalue weighted by Gasteiger charge is -2.48. The Bertz CT molecular complexity index is 366. The molecule has 0 spiro atoms. The van der Waals surface area contributed by atoms with Gasteiger partial charge in [0.1, 0.15) is 0 Å². The number of benzene rings is 1. The number of likely N-dealkylation sites (tertiary alicyclic amines) is 1. The highest BCUT2D eigenvalue weighted by Crippen LogP contribution is 2.41. The highest BCUT2D eigenvalue weighted by atomic mass is 15.2. The molecule has 1 aliphatic heterocycles. The van der Waals surface area contributed by atoms with Gasteiger partial charge >= 0.3 is 0 Å². The van der Waals surface area contributed by atoms with Crippen LogP contribution in [0.5, 0.6) is 0 Å². The molecule has 2 atom stereocenters. The van der Waals surface area contributed by atoms with Gasteiger partial charge in [-0.3, -0.25) is 4.90 Å². The molecule has 1 aromatic carbocycles. The third-order valence-electron chi connectivity index (χ3n) is 4.97. The third kappa shape index (κ3) is 2.33. The third-order valence-corrected chi connectivity index (χ3v) is 4.97. The largest absolute Gasteiger partial charge is 0.293 e. The smallest absolute Gasteiger partial charge is 0.0379 e. The number of hydrogen-bond donors (Lipinski definition) is 0. The van der Waals surface area contributed by atoms with Crippen LogP contribution < -0.4 is 0 Å². The zero-order valence-electron chi connectivity index (χ0n) is 11.5. The van der Waals surface area contributed by atoms with Crippen molar-refractivity contribution in [1.82, 2.24) is 4.90 Å². The van der Waals surface area contributed by atoms with E-state index in [-0.39, 0.29) is 0 Å². The Morgan fingerprint density at radius 3 is 2.28 bits per heavy atom. The van der Waals surface area contributed by atoms with Gasteiger partial charge in [-0.1, -0.05) is 49.6 Å². The van der Waals surface area contributed by atoms with Gasteiger partial charge in [-0.15, -0.1) is 0 Å². The number of nitrogens with zero attached hydrogens (tertiary/aromatic N) is 1. The van der Waals surface area contributed by atoms with Crippen molar-refractivity contribution < 1.29 is 0 Å². The minimum absolute atomic E-state index is 0.690. The van der Waals surface area contributed by atoms with Crippen molar-refractivity contribution in [3.05, 3.63) is 35.9 Å². The van der Waals surface area contributed by atoms with Crippen LogP contribution in [0.4, 0.5) is 0 Å². The molecule has 1 heterocycles. The van der Waals surface area contributed by atoms with Crippen molar-refractivity contribution >= 4 is 0 Å². The Labute approximate surface area is 111 Å². The Morgan fingerprint density at radius 2 is 1.72 bits per heavy atom. The van der Waals surface area contributed by atoms with Crippen LogP contribution in [-0.2, 0) is 0 Å². The van der Waals surface area contributed by atoms with Crippen LogP contribution in [0.1, 0.15) is 57.1 Å². The molecule has 3 rings (SSSR count). The highest BCUT2D eigenvalue weighted by Gasteiger charge is 2.36. The summed E-state index contributed by atoms with van der Waals surface area (Å²) in [4.78, 5) is 2.74. The quantitative estimate of drug-likeness (QED) is 0.760. The number of hydrogen-bond acceptors (Lipinski definition) is 1. The van der Waals surface area contributed by atoms with Crippen LogP contribution in [-0.4, -0.2) is 17.5 Å². The Kier molecular flexibility index (Phi) is 3.69. The average Bonchev–Trinajstić information content (AvgIpc) is 2.45. The summed E-state index contributed by atoms with van der Waals surface area (Å²) in [5, 5.41) is 0. The van der Waals surface area contributed by atoms with Crippen molar-refractivity contribution in [2.45, 2.75) is 57.5 Å². The molecule has 0 amide bonds. The van der Waals surface area contributed by atoms with Gasteiger partial charge in [0.2, 0.25) is 0 Å². The summed E-state index contributed by atoms with van der Waals surface area (Å²) in [6, 6.07) is 12.7. The monoisotopic (exact) mass is 243 g/mol. The van der Waals surface area contributed by atoms with E-state index in [2.05, 4.69) is 42.2 Å². The molecule has 1 saturated carbocycles. The van der Waals surface area contributed by atoms with Gasteiger partial charge in [0.15, 0.2) is 0 Å². The standard InChI is InChI=1S/C17H25N/c1-14-12-13-18(14)17(15-8-4-2-5-9-15)16-10-6-3-7-11-16/h2,4-5,8-9,14,16-17H,3,6-7,10-13H2,1H3. The maximum Gasteiger partial charge on any atom is 0.0379 e. The molecule has 0 radical (unpaired) electrons. The van der Waals surface area contributed by atoms with Crippen molar-refractivity contribution in [3.63, 3.8) is 0 Å². The number of rotatable bonds is 3. The summed E-state index contributed by atoms with van der Waals surface area (Å²) in [5.41, 5.74) is 1.55. The molecular weight excluding hydrogens is 218 g/mol. The van der Waals surface area contributed by atoms with Gasteiger partial charge in [-0.25, -0.2) is 0 Å². The maximum absolute atomic E-state index is 2.74. The van der Waals surface area contributed by atoms with Crippen LogP contribution in [0.3, 0.4) is 0 Å². The van der Waals surface area contributed by atoms with E-state index in [0.717, 1.165) is 12.0 Å². The Morgan fingerprint density at radius 1 is 1.00 bits per heavy atom. The summed E-state index contributed by atoms with van der Waals surface area (Å²) < 4.78 is 0. The van der Waals surface area contributed by atoms with Crippen molar-refractivity contribution in [2.75, 3.05) is 6.54 Å². The van der Waals surface area contributed by atoms with E-state index in [0.29, 0.717) is 6.04 Å². The Hall–Kier alpha value is -0.820. The first-order valence-electron chi connectivity index (χ1n) is 7.67. The minimum atomic E-state index is 0.690. The van der Waals surface area contributed by atoms with Gasteiger partial charge in [-0.05, 0) is 37.7 Å². The molecule has 0 N–H and O–H groups in total. The zero-order valence-corrected chi connectivity index (χ0v) is 11.5. The van der Waals surface area contributed by atoms with Gasteiger partial charge in [0.25, 0.3) is 0 Å². The molecule has 1 aromatic rings. The lowest BCUT2D eigenvalue weighted by atomic mass is 9.78. The van der Waals surface area contributed by atoms with Gasteiger partial charge in [-0.2, -0.15) is 0 Å². The molecule has 0 aromatic heterocycles. The van der Waals surface area contributed by atoms with Gasteiger partial charge in [0, 0.05) is 18.6 Å². The zero-order chi connectivity index (χ0) is 12.4. The lowest BCUT2D eigenvalue weighted by molar-refractivity contribution is 0.0118. The summed E-state index contributed by atoms with van der Waals surface area (Å²) in [7, 11) is 0. The lowest BCUT2D eigenvalue weighted by Crippen LogP contribution is -2.50. The topological polar surface area (TPSA) is 3.24 Å².